The summed E-state index contributed by atoms with van der Waals surface area (Å²) in [7, 11) is 0. The van der Waals surface area contributed by atoms with Crippen LogP contribution in [0.3, 0.4) is 0 Å². The second-order valence-electron chi connectivity index (χ2n) is 5.20. The summed E-state index contributed by atoms with van der Waals surface area (Å²) < 4.78 is 0. The van der Waals surface area contributed by atoms with Crippen molar-refractivity contribution in [2.75, 3.05) is 5.73 Å². The molecule has 0 fully saturated rings. The molecule has 0 aliphatic heterocycles. The van der Waals surface area contributed by atoms with Crippen molar-refractivity contribution in [2.45, 2.75) is 19.8 Å². The van der Waals surface area contributed by atoms with Crippen LogP contribution in [0.4, 0.5) is 5.82 Å². The molecule has 0 amide bonds. The van der Waals surface area contributed by atoms with Crippen LogP contribution in [0, 0.1) is 0 Å². The quantitative estimate of drug-likeness (QED) is 0.760. The Morgan fingerprint density at radius 1 is 0.950 bits per heavy atom. The fourth-order valence-corrected chi connectivity index (χ4v) is 2.62. The molecule has 3 rings (SSSR count). The van der Waals surface area contributed by atoms with E-state index in [1.807, 2.05) is 12.1 Å². The highest BCUT2D eigenvalue weighted by molar-refractivity contribution is 5.96. The molecular weight excluding hydrogens is 246 g/mol. The highest BCUT2D eigenvalue weighted by Gasteiger charge is 2.15. The minimum Gasteiger partial charge on any atom is -0.383 e. The van der Waals surface area contributed by atoms with E-state index in [1.54, 1.807) is 6.33 Å². The molecule has 0 aliphatic rings. The Balaban J connectivity index is 2.35. The summed E-state index contributed by atoms with van der Waals surface area (Å²) in [5, 5.41) is 2.40. The Kier molecular flexibility index (Phi) is 3.11. The fraction of sp³-hybridized carbons (Fsp3) is 0.176. The lowest BCUT2D eigenvalue weighted by atomic mass is 9.94. The van der Waals surface area contributed by atoms with E-state index in [1.165, 1.54) is 10.8 Å². The number of anilines is 1. The first kappa shape index (κ1) is 12.6. The van der Waals surface area contributed by atoms with Gasteiger partial charge in [0.25, 0.3) is 0 Å². The van der Waals surface area contributed by atoms with Crippen molar-refractivity contribution < 1.29 is 0 Å². The van der Waals surface area contributed by atoms with E-state index < -0.39 is 0 Å². The van der Waals surface area contributed by atoms with E-state index in [-0.39, 0.29) is 5.92 Å². The monoisotopic (exact) mass is 263 g/mol. The summed E-state index contributed by atoms with van der Waals surface area (Å²) in [6.07, 6.45) is 1.54. The molecular formula is C17H17N3. The van der Waals surface area contributed by atoms with Crippen LogP contribution in [-0.4, -0.2) is 9.97 Å². The van der Waals surface area contributed by atoms with Gasteiger partial charge in [0.05, 0.1) is 5.69 Å². The lowest BCUT2D eigenvalue weighted by molar-refractivity contribution is 0.855. The lowest BCUT2D eigenvalue weighted by Crippen LogP contribution is -2.04. The van der Waals surface area contributed by atoms with Crippen molar-refractivity contribution in [3.8, 4) is 11.3 Å². The van der Waals surface area contributed by atoms with E-state index >= 15 is 0 Å². The maximum atomic E-state index is 6.05. The number of nitrogens with two attached hydrogens (primary N) is 1. The first-order valence-corrected chi connectivity index (χ1v) is 6.77. The zero-order valence-electron chi connectivity index (χ0n) is 11.7. The molecule has 0 unspecified atom stereocenters. The zero-order chi connectivity index (χ0) is 14.1. The molecule has 0 bridgehead atoms. The molecule has 1 aromatic heterocycles. The van der Waals surface area contributed by atoms with Gasteiger partial charge in [-0.15, -0.1) is 0 Å². The smallest absolute Gasteiger partial charge is 0.130 e. The van der Waals surface area contributed by atoms with Gasteiger partial charge in [-0.2, -0.15) is 0 Å². The van der Waals surface area contributed by atoms with E-state index in [0.29, 0.717) is 5.82 Å². The van der Waals surface area contributed by atoms with Crippen LogP contribution in [0.15, 0.2) is 48.8 Å². The Morgan fingerprint density at radius 3 is 2.50 bits per heavy atom. The molecule has 2 N–H and O–H groups in total. The highest BCUT2D eigenvalue weighted by atomic mass is 14.9. The number of nitrogen functional groups attached to an aromatic ring is 1. The SMILES string of the molecule is CC(C)c1c(N)ncnc1-c1cccc2ccccc12. The molecule has 0 radical (unpaired) electrons. The molecule has 0 aliphatic carbocycles. The fourth-order valence-electron chi connectivity index (χ4n) is 2.62. The van der Waals surface area contributed by atoms with Gasteiger partial charge in [-0.25, -0.2) is 9.97 Å². The number of rotatable bonds is 2. The van der Waals surface area contributed by atoms with Gasteiger partial charge in [0.15, 0.2) is 0 Å². The van der Waals surface area contributed by atoms with Gasteiger partial charge in [0.2, 0.25) is 0 Å². The van der Waals surface area contributed by atoms with Gasteiger partial charge >= 0.3 is 0 Å². The second kappa shape index (κ2) is 4.93. The topological polar surface area (TPSA) is 51.8 Å². The van der Waals surface area contributed by atoms with Crippen LogP contribution in [0.1, 0.15) is 25.3 Å². The maximum absolute atomic E-state index is 6.05. The van der Waals surface area contributed by atoms with Crippen molar-refractivity contribution in [3.63, 3.8) is 0 Å². The molecule has 3 nitrogen and oxygen atoms in total. The minimum absolute atomic E-state index is 0.283. The van der Waals surface area contributed by atoms with Gasteiger partial charge in [-0.3, -0.25) is 0 Å². The number of aromatic nitrogens is 2. The van der Waals surface area contributed by atoms with Crippen LogP contribution in [0.5, 0.6) is 0 Å². The molecule has 0 atom stereocenters. The number of benzene rings is 2. The predicted molar refractivity (Wildman–Crippen MR) is 83.5 cm³/mol. The second-order valence-corrected chi connectivity index (χ2v) is 5.20. The van der Waals surface area contributed by atoms with Crippen LogP contribution < -0.4 is 5.73 Å². The van der Waals surface area contributed by atoms with Crippen LogP contribution in [0.25, 0.3) is 22.0 Å². The van der Waals surface area contributed by atoms with Crippen molar-refractivity contribution >= 4 is 16.6 Å². The van der Waals surface area contributed by atoms with Crippen molar-refractivity contribution in [3.05, 3.63) is 54.4 Å². The Labute approximate surface area is 118 Å². The van der Waals surface area contributed by atoms with Crippen LogP contribution >= 0.6 is 0 Å². The molecule has 100 valence electrons. The third-order valence-corrected chi connectivity index (χ3v) is 3.54. The standard InChI is InChI=1S/C17H17N3/c1-11(2)15-16(19-10-20-17(15)18)14-9-5-7-12-6-3-4-8-13(12)14/h3-11H,1-2H3,(H2,18,19,20). The highest BCUT2D eigenvalue weighted by Crippen LogP contribution is 2.34. The molecule has 2 aromatic carbocycles. The van der Waals surface area contributed by atoms with Gasteiger partial charge in [0, 0.05) is 11.1 Å². The summed E-state index contributed by atoms with van der Waals surface area (Å²) >= 11 is 0. The summed E-state index contributed by atoms with van der Waals surface area (Å²) in [5.74, 6) is 0.850. The first-order valence-electron chi connectivity index (χ1n) is 6.77. The normalized spacial score (nSPS) is 11.2. The average Bonchev–Trinajstić information content (AvgIpc) is 2.46. The van der Waals surface area contributed by atoms with E-state index in [0.717, 1.165) is 16.8 Å². The number of hydrogen-bond donors (Lipinski definition) is 1. The van der Waals surface area contributed by atoms with Crippen molar-refractivity contribution in [1.29, 1.82) is 0 Å². The predicted octanol–water partition coefficient (Wildman–Crippen LogP) is 4.00. The Bertz CT molecular complexity index is 758. The molecule has 0 spiro atoms. The van der Waals surface area contributed by atoms with Crippen LogP contribution in [0.2, 0.25) is 0 Å². The number of fused-ring (bicyclic) bond motifs is 1. The Hall–Kier alpha value is -2.42. The molecule has 3 heteroatoms. The Morgan fingerprint density at radius 2 is 1.70 bits per heavy atom. The van der Waals surface area contributed by atoms with Gasteiger partial charge < -0.3 is 5.73 Å². The minimum atomic E-state index is 0.283. The number of nitrogens with zero attached hydrogens (tertiary/aromatic N) is 2. The van der Waals surface area contributed by atoms with E-state index in [9.17, 15) is 0 Å². The zero-order valence-corrected chi connectivity index (χ0v) is 11.7. The lowest BCUT2D eigenvalue weighted by Gasteiger charge is -2.15. The average molecular weight is 263 g/mol. The largest absolute Gasteiger partial charge is 0.383 e. The third-order valence-electron chi connectivity index (χ3n) is 3.54. The summed E-state index contributed by atoms with van der Waals surface area (Å²) in [6.45, 7) is 4.23. The maximum Gasteiger partial charge on any atom is 0.130 e. The van der Waals surface area contributed by atoms with Gasteiger partial charge in [-0.05, 0) is 16.7 Å². The summed E-state index contributed by atoms with van der Waals surface area (Å²) in [5.41, 5.74) is 9.12. The summed E-state index contributed by atoms with van der Waals surface area (Å²) in [6, 6.07) is 14.6. The van der Waals surface area contributed by atoms with Gasteiger partial charge in [-0.1, -0.05) is 56.3 Å². The van der Waals surface area contributed by atoms with Crippen molar-refractivity contribution in [1.82, 2.24) is 9.97 Å². The van der Waals surface area contributed by atoms with Crippen molar-refractivity contribution in [2.24, 2.45) is 0 Å². The van der Waals surface area contributed by atoms with Crippen LogP contribution in [-0.2, 0) is 0 Å². The molecule has 0 saturated heterocycles. The van der Waals surface area contributed by atoms with E-state index in [4.69, 9.17) is 5.73 Å². The molecule has 20 heavy (non-hydrogen) atoms. The van der Waals surface area contributed by atoms with Gasteiger partial charge in [0.1, 0.15) is 12.1 Å². The third kappa shape index (κ3) is 2.01. The molecule has 1 heterocycles. The van der Waals surface area contributed by atoms with E-state index in [2.05, 4.69) is 54.1 Å². The molecule has 0 saturated carbocycles. The number of hydrogen-bond acceptors (Lipinski definition) is 3. The summed E-state index contributed by atoms with van der Waals surface area (Å²) in [4.78, 5) is 8.62. The first-order chi connectivity index (χ1) is 9.68. The molecule has 3 aromatic rings.